The highest BCUT2D eigenvalue weighted by molar-refractivity contribution is 5.24. The van der Waals surface area contributed by atoms with Gasteiger partial charge in [-0.25, -0.2) is 0 Å². The van der Waals surface area contributed by atoms with Crippen LogP contribution in [0.15, 0.2) is 24.3 Å². The summed E-state index contributed by atoms with van der Waals surface area (Å²) in [6, 6.07) is 9.79. The van der Waals surface area contributed by atoms with Crippen LogP contribution in [0.4, 0.5) is 0 Å². The first-order valence-corrected chi connectivity index (χ1v) is 8.23. The van der Waals surface area contributed by atoms with Gasteiger partial charge in [0.1, 0.15) is 0 Å². The lowest BCUT2D eigenvalue weighted by Crippen LogP contribution is -2.42. The van der Waals surface area contributed by atoms with Gasteiger partial charge < -0.3 is 10.2 Å². The Morgan fingerprint density at radius 1 is 1.15 bits per heavy atom. The van der Waals surface area contributed by atoms with Crippen molar-refractivity contribution in [3.05, 3.63) is 35.4 Å². The second-order valence-corrected chi connectivity index (χ2v) is 6.39. The van der Waals surface area contributed by atoms with Gasteiger partial charge >= 0.3 is 0 Å². The summed E-state index contributed by atoms with van der Waals surface area (Å²) in [5.41, 5.74) is 2.84. The fourth-order valence-corrected chi connectivity index (χ4v) is 2.96. The van der Waals surface area contributed by atoms with Crippen molar-refractivity contribution in [2.24, 2.45) is 0 Å². The monoisotopic (exact) mass is 274 g/mol. The largest absolute Gasteiger partial charge is 0.310 e. The molecule has 1 aliphatic heterocycles. The van der Waals surface area contributed by atoms with Gasteiger partial charge in [0.05, 0.1) is 0 Å². The number of benzene rings is 1. The van der Waals surface area contributed by atoms with E-state index in [1.54, 1.807) is 0 Å². The van der Waals surface area contributed by atoms with Crippen molar-refractivity contribution in [2.45, 2.75) is 58.5 Å². The quantitative estimate of drug-likeness (QED) is 0.849. The van der Waals surface area contributed by atoms with Crippen LogP contribution in [-0.2, 0) is 6.54 Å². The Hall–Kier alpha value is -0.860. The zero-order valence-corrected chi connectivity index (χ0v) is 13.4. The van der Waals surface area contributed by atoms with E-state index in [9.17, 15) is 0 Å². The lowest BCUT2D eigenvalue weighted by molar-refractivity contribution is 0.197. The maximum Gasteiger partial charge on any atom is 0.0208 e. The molecule has 1 saturated heterocycles. The number of nitrogens with one attached hydrogen (secondary N) is 1. The Kier molecular flexibility index (Phi) is 6.06. The van der Waals surface area contributed by atoms with E-state index < -0.39 is 0 Å². The normalized spacial score (nSPS) is 17.8. The standard InChI is InChI=1S/C18H30N2/c1-4-11-20-12-9-18(10-13-20)19-14-16-5-7-17(8-6-16)15(2)3/h5-8,15,18-19H,4,9-14H2,1-3H3. The molecule has 0 radical (unpaired) electrons. The third-order valence-corrected chi connectivity index (χ3v) is 4.37. The predicted molar refractivity (Wildman–Crippen MR) is 87.1 cm³/mol. The van der Waals surface area contributed by atoms with E-state index in [1.807, 2.05) is 0 Å². The summed E-state index contributed by atoms with van der Waals surface area (Å²) in [5, 5.41) is 3.72. The molecule has 2 heteroatoms. The summed E-state index contributed by atoms with van der Waals surface area (Å²) in [7, 11) is 0. The van der Waals surface area contributed by atoms with Gasteiger partial charge in [-0.3, -0.25) is 0 Å². The van der Waals surface area contributed by atoms with E-state index in [0.717, 1.165) is 6.54 Å². The molecule has 1 aromatic carbocycles. The van der Waals surface area contributed by atoms with Crippen LogP contribution in [0.2, 0.25) is 0 Å². The molecule has 1 aliphatic rings. The molecular formula is C18H30N2. The van der Waals surface area contributed by atoms with Crippen molar-refractivity contribution in [1.82, 2.24) is 10.2 Å². The van der Waals surface area contributed by atoms with Crippen molar-refractivity contribution >= 4 is 0 Å². The lowest BCUT2D eigenvalue weighted by Gasteiger charge is -2.32. The molecule has 0 bridgehead atoms. The van der Waals surface area contributed by atoms with Gasteiger partial charge in [-0.2, -0.15) is 0 Å². The highest BCUT2D eigenvalue weighted by Gasteiger charge is 2.17. The molecule has 1 heterocycles. The van der Waals surface area contributed by atoms with Gasteiger partial charge in [-0.15, -0.1) is 0 Å². The zero-order valence-electron chi connectivity index (χ0n) is 13.4. The molecule has 0 unspecified atom stereocenters. The van der Waals surface area contributed by atoms with Gasteiger partial charge in [0.25, 0.3) is 0 Å². The summed E-state index contributed by atoms with van der Waals surface area (Å²) >= 11 is 0. The van der Waals surface area contributed by atoms with Crippen LogP contribution in [0.5, 0.6) is 0 Å². The van der Waals surface area contributed by atoms with Crippen LogP contribution in [0.3, 0.4) is 0 Å². The molecule has 20 heavy (non-hydrogen) atoms. The van der Waals surface area contributed by atoms with E-state index in [-0.39, 0.29) is 0 Å². The van der Waals surface area contributed by atoms with Crippen molar-refractivity contribution in [2.75, 3.05) is 19.6 Å². The highest BCUT2D eigenvalue weighted by Crippen LogP contribution is 2.15. The molecular weight excluding hydrogens is 244 g/mol. The number of hydrogen-bond acceptors (Lipinski definition) is 2. The third kappa shape index (κ3) is 4.60. The van der Waals surface area contributed by atoms with E-state index in [4.69, 9.17) is 0 Å². The lowest BCUT2D eigenvalue weighted by atomic mass is 10.0. The van der Waals surface area contributed by atoms with Gasteiger partial charge in [0.15, 0.2) is 0 Å². The van der Waals surface area contributed by atoms with Crippen molar-refractivity contribution in [1.29, 1.82) is 0 Å². The van der Waals surface area contributed by atoms with Gasteiger partial charge in [-0.05, 0) is 55.9 Å². The number of likely N-dealkylation sites (tertiary alicyclic amines) is 1. The molecule has 0 atom stereocenters. The predicted octanol–water partition coefficient (Wildman–Crippen LogP) is 3.77. The SMILES string of the molecule is CCCN1CCC(NCc2ccc(C(C)C)cc2)CC1. The summed E-state index contributed by atoms with van der Waals surface area (Å²) in [5.74, 6) is 0.625. The minimum absolute atomic E-state index is 0.625. The first kappa shape index (κ1) is 15.5. The minimum atomic E-state index is 0.625. The Morgan fingerprint density at radius 3 is 2.35 bits per heavy atom. The van der Waals surface area contributed by atoms with Crippen LogP contribution in [0.25, 0.3) is 0 Å². The van der Waals surface area contributed by atoms with Gasteiger partial charge in [0.2, 0.25) is 0 Å². The summed E-state index contributed by atoms with van der Waals surface area (Å²) in [6.07, 6.45) is 3.87. The Labute approximate surface area is 124 Å². The molecule has 2 nitrogen and oxygen atoms in total. The second-order valence-electron chi connectivity index (χ2n) is 6.39. The van der Waals surface area contributed by atoms with E-state index in [2.05, 4.69) is 55.3 Å². The minimum Gasteiger partial charge on any atom is -0.310 e. The number of rotatable bonds is 6. The van der Waals surface area contributed by atoms with E-state index in [0.29, 0.717) is 12.0 Å². The molecule has 0 amide bonds. The Morgan fingerprint density at radius 2 is 1.80 bits per heavy atom. The molecule has 0 aromatic heterocycles. The molecule has 112 valence electrons. The fraction of sp³-hybridized carbons (Fsp3) is 0.667. The summed E-state index contributed by atoms with van der Waals surface area (Å²) < 4.78 is 0. The van der Waals surface area contributed by atoms with Crippen molar-refractivity contribution in [3.63, 3.8) is 0 Å². The maximum atomic E-state index is 3.72. The smallest absolute Gasteiger partial charge is 0.0208 e. The molecule has 1 N–H and O–H groups in total. The third-order valence-electron chi connectivity index (χ3n) is 4.37. The number of piperidine rings is 1. The first-order valence-electron chi connectivity index (χ1n) is 8.23. The summed E-state index contributed by atoms with van der Waals surface area (Å²) in [6.45, 7) is 11.6. The summed E-state index contributed by atoms with van der Waals surface area (Å²) in [4.78, 5) is 2.59. The van der Waals surface area contributed by atoms with E-state index >= 15 is 0 Å². The van der Waals surface area contributed by atoms with Crippen LogP contribution >= 0.6 is 0 Å². The van der Waals surface area contributed by atoms with Crippen LogP contribution in [0.1, 0.15) is 57.1 Å². The van der Waals surface area contributed by atoms with Crippen molar-refractivity contribution in [3.8, 4) is 0 Å². The van der Waals surface area contributed by atoms with E-state index in [1.165, 1.54) is 50.0 Å². The Balaban J connectivity index is 1.73. The first-order chi connectivity index (χ1) is 9.69. The molecule has 2 rings (SSSR count). The van der Waals surface area contributed by atoms with Crippen LogP contribution < -0.4 is 5.32 Å². The van der Waals surface area contributed by atoms with Crippen molar-refractivity contribution < 1.29 is 0 Å². The molecule has 0 saturated carbocycles. The maximum absolute atomic E-state index is 3.72. The molecule has 1 fully saturated rings. The molecule has 1 aromatic rings. The molecule has 0 spiro atoms. The number of nitrogens with zero attached hydrogens (tertiary/aromatic N) is 1. The van der Waals surface area contributed by atoms with Crippen LogP contribution in [0, 0.1) is 0 Å². The fourth-order valence-electron chi connectivity index (χ4n) is 2.96. The highest BCUT2D eigenvalue weighted by atomic mass is 15.1. The van der Waals surface area contributed by atoms with Gasteiger partial charge in [0, 0.05) is 12.6 Å². The average molecular weight is 274 g/mol. The number of hydrogen-bond donors (Lipinski definition) is 1. The topological polar surface area (TPSA) is 15.3 Å². The Bertz CT molecular complexity index is 375. The zero-order chi connectivity index (χ0) is 14.4. The van der Waals surface area contributed by atoms with Crippen LogP contribution in [-0.4, -0.2) is 30.6 Å². The average Bonchev–Trinajstić information content (AvgIpc) is 2.47. The second kappa shape index (κ2) is 7.80. The van der Waals surface area contributed by atoms with Gasteiger partial charge in [-0.1, -0.05) is 45.0 Å². The molecule has 0 aliphatic carbocycles.